The lowest BCUT2D eigenvalue weighted by atomic mass is 10.0. The number of carbonyl (C=O) groups excluding carboxylic acids is 2. The number of halogens is 2. The lowest BCUT2D eigenvalue weighted by molar-refractivity contribution is -0.134. The van der Waals surface area contributed by atoms with E-state index >= 15 is 0 Å². The molecule has 1 aliphatic rings. The number of nitrogens with one attached hydrogen (secondary N) is 1. The maximum absolute atomic E-state index is 13.5. The number of ether oxygens (including phenoxy) is 1. The molecule has 9 heteroatoms. The normalized spacial score (nSPS) is 18.1. The smallest absolute Gasteiger partial charge is 0.228 e. The molecule has 0 aliphatic carbocycles. The molecule has 0 spiro atoms. The van der Waals surface area contributed by atoms with Crippen LogP contribution in [0.5, 0.6) is 5.75 Å². The van der Waals surface area contributed by atoms with Crippen LogP contribution in [0.15, 0.2) is 66.7 Å². The average molecular weight is 599 g/mol. The van der Waals surface area contributed by atoms with Crippen LogP contribution in [-0.2, 0) is 29.0 Å². The zero-order valence-corrected chi connectivity index (χ0v) is 25.2. The zero-order chi connectivity index (χ0) is 29.5. The summed E-state index contributed by atoms with van der Waals surface area (Å²) in [6.45, 7) is 5.44. The average Bonchev–Trinajstić information content (AvgIpc) is 2.98. The van der Waals surface area contributed by atoms with Gasteiger partial charge in [-0.25, -0.2) is 0 Å². The summed E-state index contributed by atoms with van der Waals surface area (Å²) in [5, 5.41) is 13.9. The number of benzene rings is 3. The maximum Gasteiger partial charge on any atom is 0.228 e. The first kappa shape index (κ1) is 30.8. The summed E-state index contributed by atoms with van der Waals surface area (Å²) in [7, 11) is 2.01. The van der Waals surface area contributed by atoms with Crippen molar-refractivity contribution in [1.82, 2.24) is 9.80 Å². The van der Waals surface area contributed by atoms with Crippen LogP contribution < -0.4 is 10.1 Å². The van der Waals surface area contributed by atoms with Gasteiger partial charge in [-0.1, -0.05) is 66.5 Å². The van der Waals surface area contributed by atoms with Crippen LogP contribution >= 0.6 is 23.2 Å². The standard InChI is InChI=1S/C32H37Cl2N3O4/c1-21-17-37(22(2)20-38)32(40)16-25-15-26(35-31(39)14-23-7-5-4-6-8-23)10-12-29(25)41-30(21)19-36(3)18-24-9-11-27(33)28(34)13-24/h4-13,15,21-22,30,38H,14,16-20H2,1-3H3,(H,35,39)/t21-,22-,30-/m1/s1. The lowest BCUT2D eigenvalue weighted by Gasteiger charge is -2.34. The molecule has 0 aromatic heterocycles. The maximum atomic E-state index is 13.5. The quantitative estimate of drug-likeness (QED) is 0.342. The van der Waals surface area contributed by atoms with E-state index in [0.29, 0.717) is 46.7 Å². The zero-order valence-electron chi connectivity index (χ0n) is 23.6. The molecule has 2 amide bonds. The van der Waals surface area contributed by atoms with Crippen LogP contribution in [0.3, 0.4) is 0 Å². The number of hydrogen-bond donors (Lipinski definition) is 2. The lowest BCUT2D eigenvalue weighted by Crippen LogP contribution is -2.47. The van der Waals surface area contributed by atoms with E-state index in [-0.39, 0.29) is 49.3 Å². The van der Waals surface area contributed by atoms with Crippen LogP contribution in [0.2, 0.25) is 10.0 Å². The highest BCUT2D eigenvalue weighted by Gasteiger charge is 2.31. The Balaban J connectivity index is 1.56. The Hall–Kier alpha value is -3.10. The first-order valence-corrected chi connectivity index (χ1v) is 14.5. The van der Waals surface area contributed by atoms with Gasteiger partial charge in [-0.15, -0.1) is 0 Å². The molecular formula is C32H37Cl2N3O4. The number of nitrogens with zero attached hydrogens (tertiary/aromatic N) is 2. The second kappa shape index (κ2) is 14.2. The summed E-state index contributed by atoms with van der Waals surface area (Å²) < 4.78 is 6.60. The highest BCUT2D eigenvalue weighted by atomic mass is 35.5. The van der Waals surface area contributed by atoms with Gasteiger partial charge in [0.15, 0.2) is 0 Å². The first-order valence-electron chi connectivity index (χ1n) is 13.8. The fraction of sp³-hybridized carbons (Fsp3) is 0.375. The van der Waals surface area contributed by atoms with Crippen LogP contribution in [-0.4, -0.2) is 65.6 Å². The van der Waals surface area contributed by atoms with Crippen molar-refractivity contribution in [2.45, 2.75) is 45.4 Å². The van der Waals surface area contributed by atoms with Crippen LogP contribution in [0, 0.1) is 5.92 Å². The minimum absolute atomic E-state index is 0.0274. The summed E-state index contributed by atoms with van der Waals surface area (Å²) in [4.78, 5) is 30.1. The number of carbonyl (C=O) groups is 2. The molecule has 0 fully saturated rings. The summed E-state index contributed by atoms with van der Waals surface area (Å²) >= 11 is 12.3. The Morgan fingerprint density at radius 2 is 1.85 bits per heavy atom. The van der Waals surface area contributed by atoms with E-state index in [4.69, 9.17) is 27.9 Å². The SMILES string of the molecule is C[C@@H]1CN([C@H](C)CO)C(=O)Cc2cc(NC(=O)Cc3ccccc3)ccc2O[C@@H]1CN(C)Cc1ccc(Cl)c(Cl)c1. The number of likely N-dealkylation sites (N-methyl/N-ethyl adjacent to an activating group) is 1. The molecular weight excluding hydrogens is 561 g/mol. The van der Waals surface area contributed by atoms with Gasteiger partial charge in [-0.05, 0) is 55.4 Å². The number of aliphatic hydroxyl groups is 1. The predicted octanol–water partition coefficient (Wildman–Crippen LogP) is 5.46. The van der Waals surface area contributed by atoms with Crippen molar-refractivity contribution in [2.75, 3.05) is 32.1 Å². The van der Waals surface area contributed by atoms with Gasteiger partial charge in [0.05, 0.1) is 35.5 Å². The fourth-order valence-corrected chi connectivity index (χ4v) is 5.35. The highest BCUT2D eigenvalue weighted by Crippen LogP contribution is 2.30. The van der Waals surface area contributed by atoms with Gasteiger partial charge < -0.3 is 20.1 Å². The van der Waals surface area contributed by atoms with E-state index < -0.39 is 0 Å². The molecule has 0 saturated heterocycles. The van der Waals surface area contributed by atoms with E-state index in [2.05, 4.69) is 17.1 Å². The van der Waals surface area contributed by atoms with Crippen molar-refractivity contribution in [2.24, 2.45) is 5.92 Å². The van der Waals surface area contributed by atoms with Gasteiger partial charge in [0.25, 0.3) is 0 Å². The minimum Gasteiger partial charge on any atom is -0.488 e. The van der Waals surface area contributed by atoms with Gasteiger partial charge >= 0.3 is 0 Å². The second-order valence-corrected chi connectivity index (χ2v) is 11.7. The van der Waals surface area contributed by atoms with Gasteiger partial charge in [-0.2, -0.15) is 0 Å². The Morgan fingerprint density at radius 1 is 1.10 bits per heavy atom. The highest BCUT2D eigenvalue weighted by molar-refractivity contribution is 6.42. The van der Waals surface area contributed by atoms with E-state index in [9.17, 15) is 14.7 Å². The van der Waals surface area contributed by atoms with Gasteiger partial charge in [-0.3, -0.25) is 14.5 Å². The number of hydrogen-bond acceptors (Lipinski definition) is 5. The van der Waals surface area contributed by atoms with Crippen molar-refractivity contribution >= 4 is 40.7 Å². The number of fused-ring (bicyclic) bond motifs is 1. The minimum atomic E-state index is -0.338. The van der Waals surface area contributed by atoms with E-state index in [0.717, 1.165) is 11.1 Å². The molecule has 0 radical (unpaired) electrons. The van der Waals surface area contributed by atoms with E-state index in [1.54, 1.807) is 17.0 Å². The molecule has 0 bridgehead atoms. The third-order valence-electron chi connectivity index (χ3n) is 7.34. The van der Waals surface area contributed by atoms with Crippen LogP contribution in [0.25, 0.3) is 0 Å². The molecule has 41 heavy (non-hydrogen) atoms. The monoisotopic (exact) mass is 597 g/mol. The number of anilines is 1. The third-order valence-corrected chi connectivity index (χ3v) is 8.07. The summed E-state index contributed by atoms with van der Waals surface area (Å²) in [5.41, 5.74) is 3.23. The Bertz CT molecular complexity index is 1350. The summed E-state index contributed by atoms with van der Waals surface area (Å²) in [6.07, 6.45) is 0.0971. The van der Waals surface area contributed by atoms with Crippen molar-refractivity contribution in [3.05, 3.63) is 93.5 Å². The number of rotatable bonds is 9. The van der Waals surface area contributed by atoms with Gasteiger partial charge in [0, 0.05) is 36.8 Å². The van der Waals surface area contributed by atoms with Crippen LogP contribution in [0.4, 0.5) is 5.69 Å². The van der Waals surface area contributed by atoms with Crippen molar-refractivity contribution in [1.29, 1.82) is 0 Å². The topological polar surface area (TPSA) is 82.1 Å². The van der Waals surface area contributed by atoms with Gasteiger partial charge in [0.2, 0.25) is 11.8 Å². The molecule has 2 N–H and O–H groups in total. The molecule has 0 saturated carbocycles. The van der Waals surface area contributed by atoms with Crippen molar-refractivity contribution < 1.29 is 19.4 Å². The van der Waals surface area contributed by atoms with Crippen molar-refractivity contribution in [3.63, 3.8) is 0 Å². The molecule has 218 valence electrons. The van der Waals surface area contributed by atoms with E-state index in [1.807, 2.05) is 68.6 Å². The molecule has 3 aromatic carbocycles. The molecule has 0 unspecified atom stereocenters. The second-order valence-electron chi connectivity index (χ2n) is 10.9. The van der Waals surface area contributed by atoms with Crippen LogP contribution in [0.1, 0.15) is 30.5 Å². The van der Waals surface area contributed by atoms with Crippen molar-refractivity contribution in [3.8, 4) is 5.75 Å². The summed E-state index contributed by atoms with van der Waals surface area (Å²) in [5.74, 6) is 0.344. The molecule has 3 atom stereocenters. The predicted molar refractivity (Wildman–Crippen MR) is 164 cm³/mol. The fourth-order valence-electron chi connectivity index (χ4n) is 5.03. The first-order chi connectivity index (χ1) is 19.6. The number of amides is 2. The third kappa shape index (κ3) is 8.46. The molecule has 1 aliphatic heterocycles. The summed E-state index contributed by atoms with van der Waals surface area (Å²) in [6, 6.07) is 20.2. The Morgan fingerprint density at radius 3 is 2.56 bits per heavy atom. The number of aliphatic hydroxyl groups excluding tert-OH is 1. The molecule has 3 aromatic rings. The Kier molecular flexibility index (Phi) is 10.7. The van der Waals surface area contributed by atoms with E-state index in [1.165, 1.54) is 0 Å². The molecule has 4 rings (SSSR count). The largest absolute Gasteiger partial charge is 0.488 e. The van der Waals surface area contributed by atoms with Gasteiger partial charge in [0.1, 0.15) is 11.9 Å². The Labute approximate surface area is 252 Å². The molecule has 7 nitrogen and oxygen atoms in total. The molecule has 1 heterocycles.